The smallest absolute Gasteiger partial charge is 0.395 e. The molecule has 0 spiro atoms. The Balaban J connectivity index is 2.96. The van der Waals surface area contributed by atoms with Crippen molar-refractivity contribution < 1.29 is 22.7 Å². The molecule has 0 aliphatic carbocycles. The molecule has 1 aromatic carbocycles. The molecule has 0 aliphatic rings. The van der Waals surface area contributed by atoms with Gasteiger partial charge in [-0.05, 0) is 17.7 Å². The van der Waals surface area contributed by atoms with Crippen LogP contribution in [0, 0.1) is 5.82 Å². The highest BCUT2D eigenvalue weighted by Crippen LogP contribution is 2.34. The molecule has 1 aromatic rings. The Labute approximate surface area is 78.0 Å². The van der Waals surface area contributed by atoms with Crippen LogP contribution in [0.15, 0.2) is 24.3 Å². The van der Waals surface area contributed by atoms with Gasteiger partial charge in [0.25, 0.3) is 0 Å². The summed E-state index contributed by atoms with van der Waals surface area (Å²) in [5.41, 5.74) is -0.138. The Bertz CT molecular complexity index is 291. The summed E-state index contributed by atoms with van der Waals surface area (Å²) in [4.78, 5) is 0. The summed E-state index contributed by atoms with van der Waals surface area (Å²) < 4.78 is 49.2. The molecule has 0 heterocycles. The van der Waals surface area contributed by atoms with Gasteiger partial charge in [0.1, 0.15) is 11.7 Å². The van der Waals surface area contributed by atoms with Gasteiger partial charge in [0.2, 0.25) is 0 Å². The van der Waals surface area contributed by atoms with E-state index in [4.69, 9.17) is 5.11 Å². The number of hydrogen-bond acceptors (Lipinski definition) is 1. The lowest BCUT2D eigenvalue weighted by molar-refractivity contribution is -0.158. The number of halogens is 4. The van der Waals surface area contributed by atoms with E-state index in [1.165, 1.54) is 0 Å². The maximum Gasteiger partial charge on any atom is 0.397 e. The number of aliphatic hydroxyl groups excluding tert-OH is 1. The maximum absolute atomic E-state index is 12.4. The van der Waals surface area contributed by atoms with Gasteiger partial charge in [0.15, 0.2) is 0 Å². The fraction of sp³-hybridized carbons (Fsp3) is 0.333. The largest absolute Gasteiger partial charge is 0.397 e. The maximum atomic E-state index is 12.4. The second kappa shape index (κ2) is 3.96. The summed E-state index contributed by atoms with van der Waals surface area (Å²) >= 11 is 0. The molecule has 78 valence electrons. The molecule has 1 N–H and O–H groups in total. The van der Waals surface area contributed by atoms with E-state index in [-0.39, 0.29) is 5.56 Å². The first-order valence-electron chi connectivity index (χ1n) is 3.88. The molecular weight excluding hydrogens is 200 g/mol. The zero-order chi connectivity index (χ0) is 10.8. The number of rotatable bonds is 2. The standard InChI is InChI=1S/C9H8F4O/c10-7-3-1-6(2-4-7)8(5-14)9(11,12)13/h1-4,8,14H,5H2. The third-order valence-corrected chi connectivity index (χ3v) is 1.85. The van der Waals surface area contributed by atoms with Crippen molar-refractivity contribution in [2.75, 3.05) is 6.61 Å². The van der Waals surface area contributed by atoms with Crippen LogP contribution in [0.25, 0.3) is 0 Å². The summed E-state index contributed by atoms with van der Waals surface area (Å²) in [5, 5.41) is 8.57. The van der Waals surface area contributed by atoms with Crippen molar-refractivity contribution in [2.45, 2.75) is 12.1 Å². The molecule has 0 aromatic heterocycles. The van der Waals surface area contributed by atoms with Gasteiger partial charge in [-0.2, -0.15) is 13.2 Å². The second-order valence-corrected chi connectivity index (χ2v) is 2.83. The number of alkyl halides is 3. The molecule has 14 heavy (non-hydrogen) atoms. The summed E-state index contributed by atoms with van der Waals surface area (Å²) in [6.45, 7) is -1.03. The highest BCUT2D eigenvalue weighted by molar-refractivity contribution is 5.21. The first-order valence-corrected chi connectivity index (χ1v) is 3.88. The molecule has 1 rings (SSSR count). The van der Waals surface area contributed by atoms with Crippen LogP contribution in [-0.4, -0.2) is 17.9 Å². The van der Waals surface area contributed by atoms with Crippen LogP contribution in [0.1, 0.15) is 11.5 Å². The van der Waals surface area contributed by atoms with Gasteiger partial charge in [-0.3, -0.25) is 0 Å². The third kappa shape index (κ3) is 2.45. The van der Waals surface area contributed by atoms with Crippen LogP contribution < -0.4 is 0 Å². The molecule has 0 amide bonds. The van der Waals surface area contributed by atoms with Gasteiger partial charge in [-0.15, -0.1) is 0 Å². The predicted octanol–water partition coefficient (Wildman–Crippen LogP) is 2.46. The first kappa shape index (κ1) is 11.0. The van der Waals surface area contributed by atoms with Crippen molar-refractivity contribution in [2.24, 2.45) is 0 Å². The van der Waals surface area contributed by atoms with E-state index in [0.717, 1.165) is 24.3 Å². The van der Waals surface area contributed by atoms with E-state index in [1.807, 2.05) is 0 Å². The molecule has 0 aliphatic heterocycles. The molecule has 0 saturated carbocycles. The summed E-state index contributed by atoms with van der Waals surface area (Å²) in [6.07, 6.45) is -4.51. The van der Waals surface area contributed by atoms with Crippen LogP contribution in [0.2, 0.25) is 0 Å². The molecule has 1 atom stereocenters. The molecule has 5 heteroatoms. The van der Waals surface area contributed by atoms with E-state index < -0.39 is 24.5 Å². The minimum Gasteiger partial charge on any atom is -0.395 e. The topological polar surface area (TPSA) is 20.2 Å². The number of aliphatic hydroxyl groups is 1. The minimum absolute atomic E-state index is 0.138. The highest BCUT2D eigenvalue weighted by Gasteiger charge is 2.40. The van der Waals surface area contributed by atoms with Gasteiger partial charge in [0, 0.05) is 0 Å². The lowest BCUT2D eigenvalue weighted by Crippen LogP contribution is -2.23. The van der Waals surface area contributed by atoms with E-state index in [9.17, 15) is 17.6 Å². The monoisotopic (exact) mass is 208 g/mol. The quantitative estimate of drug-likeness (QED) is 0.740. The molecule has 0 fully saturated rings. The predicted molar refractivity (Wildman–Crippen MR) is 42.3 cm³/mol. The van der Waals surface area contributed by atoms with E-state index in [0.29, 0.717) is 0 Å². The van der Waals surface area contributed by atoms with Crippen molar-refractivity contribution in [3.8, 4) is 0 Å². The first-order chi connectivity index (χ1) is 6.45. The fourth-order valence-electron chi connectivity index (χ4n) is 1.09. The van der Waals surface area contributed by atoms with Gasteiger partial charge in [-0.25, -0.2) is 4.39 Å². The fourth-order valence-corrected chi connectivity index (χ4v) is 1.09. The van der Waals surface area contributed by atoms with Crippen LogP contribution in [0.4, 0.5) is 17.6 Å². The molecule has 1 nitrogen and oxygen atoms in total. The second-order valence-electron chi connectivity index (χ2n) is 2.83. The molecule has 1 unspecified atom stereocenters. The Morgan fingerprint density at radius 1 is 1.14 bits per heavy atom. The van der Waals surface area contributed by atoms with E-state index >= 15 is 0 Å². The molecule has 0 bridgehead atoms. The van der Waals surface area contributed by atoms with Gasteiger partial charge in [0.05, 0.1) is 6.61 Å². The Morgan fingerprint density at radius 2 is 1.64 bits per heavy atom. The van der Waals surface area contributed by atoms with E-state index in [1.54, 1.807) is 0 Å². The molecule has 0 saturated heterocycles. The average molecular weight is 208 g/mol. The Hall–Kier alpha value is -1.10. The van der Waals surface area contributed by atoms with Gasteiger partial charge in [-0.1, -0.05) is 12.1 Å². The lowest BCUT2D eigenvalue weighted by Gasteiger charge is -2.17. The number of benzene rings is 1. The van der Waals surface area contributed by atoms with Crippen LogP contribution in [0.3, 0.4) is 0 Å². The molecular formula is C9H8F4O. The summed E-state index contributed by atoms with van der Waals surface area (Å²) in [6, 6.07) is 3.90. The minimum atomic E-state index is -4.51. The highest BCUT2D eigenvalue weighted by atomic mass is 19.4. The van der Waals surface area contributed by atoms with Crippen molar-refractivity contribution >= 4 is 0 Å². The van der Waals surface area contributed by atoms with Crippen molar-refractivity contribution in [1.29, 1.82) is 0 Å². The normalized spacial score (nSPS) is 14.1. The lowest BCUT2D eigenvalue weighted by atomic mass is 10.00. The van der Waals surface area contributed by atoms with Crippen LogP contribution >= 0.6 is 0 Å². The summed E-state index contributed by atoms with van der Waals surface area (Å²) in [5.74, 6) is -2.55. The van der Waals surface area contributed by atoms with Crippen LogP contribution in [-0.2, 0) is 0 Å². The SMILES string of the molecule is OCC(c1ccc(F)cc1)C(F)(F)F. The Kier molecular flexibility index (Phi) is 3.10. The number of hydrogen-bond donors (Lipinski definition) is 1. The van der Waals surface area contributed by atoms with Crippen molar-refractivity contribution in [3.05, 3.63) is 35.6 Å². The van der Waals surface area contributed by atoms with E-state index in [2.05, 4.69) is 0 Å². The summed E-state index contributed by atoms with van der Waals surface area (Å²) in [7, 11) is 0. The van der Waals surface area contributed by atoms with Gasteiger partial charge >= 0.3 is 6.18 Å². The van der Waals surface area contributed by atoms with Crippen molar-refractivity contribution in [1.82, 2.24) is 0 Å². The van der Waals surface area contributed by atoms with Crippen LogP contribution in [0.5, 0.6) is 0 Å². The third-order valence-electron chi connectivity index (χ3n) is 1.85. The van der Waals surface area contributed by atoms with Crippen molar-refractivity contribution in [3.63, 3.8) is 0 Å². The Morgan fingerprint density at radius 3 is 2.00 bits per heavy atom. The van der Waals surface area contributed by atoms with Gasteiger partial charge < -0.3 is 5.11 Å². The zero-order valence-corrected chi connectivity index (χ0v) is 7.05. The zero-order valence-electron chi connectivity index (χ0n) is 7.05. The molecule has 0 radical (unpaired) electrons. The average Bonchev–Trinajstić information content (AvgIpc) is 2.07.